The minimum absolute atomic E-state index is 0.0570. The van der Waals surface area contributed by atoms with Gasteiger partial charge in [0.1, 0.15) is 0 Å². The molecule has 0 unspecified atom stereocenters. The van der Waals surface area contributed by atoms with Crippen molar-refractivity contribution in [3.8, 4) is 5.75 Å². The summed E-state index contributed by atoms with van der Waals surface area (Å²) in [6, 6.07) is 2.13. The molecule has 1 aromatic carbocycles. The highest BCUT2D eigenvalue weighted by molar-refractivity contribution is 8.13. The molecule has 0 amide bonds. The van der Waals surface area contributed by atoms with Crippen LogP contribution in [0.1, 0.15) is 12.5 Å². The van der Waals surface area contributed by atoms with Crippen molar-refractivity contribution in [2.45, 2.75) is 18.7 Å². The largest absolute Gasteiger partial charge is 0.487 e. The molecule has 0 aliphatic carbocycles. The lowest BCUT2D eigenvalue weighted by Crippen LogP contribution is -2.02. The second-order valence-electron chi connectivity index (χ2n) is 3.22. The molecule has 1 rings (SSSR count). The summed E-state index contributed by atoms with van der Waals surface area (Å²) in [5.41, 5.74) is -0.0636. The van der Waals surface area contributed by atoms with Crippen LogP contribution in [0.5, 0.6) is 5.75 Å². The van der Waals surface area contributed by atoms with Crippen LogP contribution in [-0.4, -0.2) is 19.9 Å². The maximum absolute atomic E-state index is 11.1. The Morgan fingerprint density at radius 2 is 2.06 bits per heavy atom. The van der Waals surface area contributed by atoms with Gasteiger partial charge in [0.25, 0.3) is 9.05 Å². The van der Waals surface area contributed by atoms with Gasteiger partial charge in [-0.25, -0.2) is 8.42 Å². The monoisotopic (exact) mass is 279 g/mol. The topological polar surface area (TPSA) is 86.5 Å². The minimum atomic E-state index is -4.00. The average molecular weight is 280 g/mol. The van der Waals surface area contributed by atoms with E-state index in [2.05, 4.69) is 0 Å². The molecule has 0 fully saturated rings. The zero-order chi connectivity index (χ0) is 13.2. The highest BCUT2D eigenvalue weighted by Crippen LogP contribution is 2.34. The molecule has 0 aliphatic heterocycles. The summed E-state index contributed by atoms with van der Waals surface area (Å²) < 4.78 is 27.4. The number of hydrogen-bond acceptors (Lipinski definition) is 5. The summed E-state index contributed by atoms with van der Waals surface area (Å²) in [5.74, 6) is 0.0570. The van der Waals surface area contributed by atoms with Crippen molar-refractivity contribution in [3.63, 3.8) is 0 Å². The van der Waals surface area contributed by atoms with Gasteiger partial charge in [0.2, 0.25) is 0 Å². The summed E-state index contributed by atoms with van der Waals surface area (Å²) in [5, 5.41) is 10.8. The van der Waals surface area contributed by atoms with E-state index in [0.29, 0.717) is 5.56 Å². The van der Waals surface area contributed by atoms with Crippen LogP contribution < -0.4 is 4.74 Å². The summed E-state index contributed by atoms with van der Waals surface area (Å²) in [6.45, 7) is 3.44. The van der Waals surface area contributed by atoms with Crippen molar-refractivity contribution in [2.24, 2.45) is 0 Å². The lowest BCUT2D eigenvalue weighted by Gasteiger charge is -2.08. The van der Waals surface area contributed by atoms with Crippen molar-refractivity contribution >= 4 is 25.4 Å². The second-order valence-corrected chi connectivity index (χ2v) is 5.78. The Morgan fingerprint density at radius 3 is 2.47 bits per heavy atom. The number of ether oxygens (including phenoxy) is 1. The molecule has 6 nitrogen and oxygen atoms in total. The van der Waals surface area contributed by atoms with Crippen LogP contribution in [-0.2, 0) is 9.05 Å². The van der Waals surface area contributed by atoms with Gasteiger partial charge >= 0.3 is 5.69 Å². The molecule has 0 saturated heterocycles. The van der Waals surface area contributed by atoms with Gasteiger partial charge in [0.05, 0.1) is 16.4 Å². The normalized spacial score (nSPS) is 11.2. The fraction of sp³-hybridized carbons (Fsp3) is 0.333. The first-order valence-electron chi connectivity index (χ1n) is 4.64. The van der Waals surface area contributed by atoms with E-state index in [1.165, 1.54) is 13.0 Å². The van der Waals surface area contributed by atoms with Gasteiger partial charge < -0.3 is 4.74 Å². The van der Waals surface area contributed by atoms with Gasteiger partial charge in [-0.2, -0.15) is 0 Å². The predicted molar refractivity (Wildman–Crippen MR) is 62.0 cm³/mol. The van der Waals surface area contributed by atoms with Gasteiger partial charge in [-0.15, -0.1) is 0 Å². The van der Waals surface area contributed by atoms with E-state index in [4.69, 9.17) is 15.4 Å². The fourth-order valence-corrected chi connectivity index (χ4v) is 2.17. The molecule has 1 aromatic rings. The van der Waals surface area contributed by atoms with E-state index < -0.39 is 19.7 Å². The van der Waals surface area contributed by atoms with Crippen LogP contribution in [0.15, 0.2) is 17.0 Å². The predicted octanol–water partition coefficient (Wildman–Crippen LogP) is 2.23. The molecular weight excluding hydrogens is 270 g/mol. The van der Waals surface area contributed by atoms with Crippen LogP contribution in [0.2, 0.25) is 0 Å². The molecular formula is C9H10ClNO5S. The standard InChI is InChI=1S/C9H10ClNO5S/c1-3-16-9-6(2)4-7(17(10,14)15)5-8(9)11(12)13/h4-5H,3H2,1-2H3. The maximum atomic E-state index is 11.1. The van der Waals surface area contributed by atoms with Gasteiger partial charge in [0.15, 0.2) is 5.75 Å². The minimum Gasteiger partial charge on any atom is -0.487 e. The smallest absolute Gasteiger partial charge is 0.312 e. The Bertz CT molecular complexity index is 555. The molecule has 0 aromatic heterocycles. The van der Waals surface area contributed by atoms with E-state index in [1.54, 1.807) is 6.92 Å². The SMILES string of the molecule is CCOc1c(C)cc(S(=O)(=O)Cl)cc1[N+](=O)[O-]. The number of nitrogens with zero attached hydrogens (tertiary/aromatic N) is 1. The molecule has 0 bridgehead atoms. The van der Waals surface area contributed by atoms with Crippen LogP contribution >= 0.6 is 10.7 Å². The molecule has 0 aliphatic rings. The number of halogens is 1. The third-order valence-electron chi connectivity index (χ3n) is 2.00. The Kier molecular flexibility index (Phi) is 3.94. The number of hydrogen-bond donors (Lipinski definition) is 0. The Morgan fingerprint density at radius 1 is 1.47 bits per heavy atom. The fourth-order valence-electron chi connectivity index (χ4n) is 1.33. The number of aryl methyl sites for hydroxylation is 1. The lowest BCUT2D eigenvalue weighted by atomic mass is 10.2. The molecule has 0 atom stereocenters. The maximum Gasteiger partial charge on any atom is 0.312 e. The average Bonchev–Trinajstić information content (AvgIpc) is 2.18. The molecule has 0 heterocycles. The third kappa shape index (κ3) is 3.07. The first-order chi connectivity index (χ1) is 7.77. The molecule has 0 spiro atoms. The van der Waals surface area contributed by atoms with Gasteiger partial charge in [0, 0.05) is 16.7 Å². The molecule has 0 N–H and O–H groups in total. The summed E-state index contributed by atoms with van der Waals surface area (Å²) >= 11 is 0. The number of rotatable bonds is 4. The second kappa shape index (κ2) is 4.89. The van der Waals surface area contributed by atoms with Gasteiger partial charge in [-0.05, 0) is 25.5 Å². The van der Waals surface area contributed by atoms with Crippen LogP contribution in [0.4, 0.5) is 5.69 Å². The van der Waals surface area contributed by atoms with Crippen molar-refractivity contribution in [2.75, 3.05) is 6.61 Å². The van der Waals surface area contributed by atoms with Crippen molar-refractivity contribution in [3.05, 3.63) is 27.8 Å². The highest BCUT2D eigenvalue weighted by Gasteiger charge is 2.23. The first-order valence-corrected chi connectivity index (χ1v) is 6.94. The van der Waals surface area contributed by atoms with Crippen LogP contribution in [0.25, 0.3) is 0 Å². The first kappa shape index (κ1) is 13.7. The van der Waals surface area contributed by atoms with Crippen molar-refractivity contribution in [1.82, 2.24) is 0 Å². The van der Waals surface area contributed by atoms with Crippen molar-refractivity contribution in [1.29, 1.82) is 0 Å². The van der Waals surface area contributed by atoms with E-state index >= 15 is 0 Å². The van der Waals surface area contributed by atoms with Crippen LogP contribution in [0, 0.1) is 17.0 Å². The van der Waals surface area contributed by atoms with Crippen LogP contribution in [0.3, 0.4) is 0 Å². The summed E-state index contributed by atoms with van der Waals surface area (Å²) in [4.78, 5) is 9.80. The summed E-state index contributed by atoms with van der Waals surface area (Å²) in [7, 11) is 1.14. The summed E-state index contributed by atoms with van der Waals surface area (Å²) in [6.07, 6.45) is 0. The van der Waals surface area contributed by atoms with Gasteiger partial charge in [-0.1, -0.05) is 0 Å². The lowest BCUT2D eigenvalue weighted by molar-refractivity contribution is -0.386. The number of nitro benzene ring substituents is 1. The molecule has 0 saturated carbocycles. The van der Waals surface area contributed by atoms with Gasteiger partial charge in [-0.3, -0.25) is 10.1 Å². The highest BCUT2D eigenvalue weighted by atomic mass is 35.7. The number of nitro groups is 1. The third-order valence-corrected chi connectivity index (χ3v) is 3.33. The Labute approximate surface area is 103 Å². The van der Waals surface area contributed by atoms with E-state index in [0.717, 1.165) is 6.07 Å². The molecule has 17 heavy (non-hydrogen) atoms. The zero-order valence-electron chi connectivity index (χ0n) is 9.14. The molecule has 94 valence electrons. The molecule has 8 heteroatoms. The Hall–Kier alpha value is -1.34. The van der Waals surface area contributed by atoms with E-state index in [9.17, 15) is 18.5 Å². The zero-order valence-corrected chi connectivity index (χ0v) is 10.7. The van der Waals surface area contributed by atoms with E-state index in [-0.39, 0.29) is 17.3 Å². The van der Waals surface area contributed by atoms with Crippen molar-refractivity contribution < 1.29 is 18.1 Å². The quantitative estimate of drug-likeness (QED) is 0.479. The molecule has 0 radical (unpaired) electrons. The Balaban J connectivity index is 3.52. The number of benzene rings is 1. The van der Waals surface area contributed by atoms with E-state index in [1.807, 2.05) is 0 Å².